The molecule has 0 fully saturated rings. The molecule has 0 aromatic rings. The molecule has 0 aromatic heterocycles. The van der Waals surface area contributed by atoms with Crippen LogP contribution in [0, 0.1) is 0 Å². The highest BCUT2D eigenvalue weighted by Crippen LogP contribution is 1.75. The van der Waals surface area contributed by atoms with Gasteiger partial charge in [0.25, 0.3) is 0 Å². The first-order valence-electron chi connectivity index (χ1n) is 2.65. The fourth-order valence-corrected chi connectivity index (χ4v) is 0.528. The first kappa shape index (κ1) is 9.38. The molecular formula is C4H11N3O2S. The summed E-state index contributed by atoms with van der Waals surface area (Å²) in [5.74, 6) is 0. The lowest BCUT2D eigenvalue weighted by molar-refractivity contribution is 0.590. The van der Waals surface area contributed by atoms with Crippen LogP contribution in [0.1, 0.15) is 6.92 Å². The highest BCUT2D eigenvalue weighted by atomic mass is 32.2. The lowest BCUT2D eigenvalue weighted by atomic mass is 10.4. The van der Waals surface area contributed by atoms with Crippen molar-refractivity contribution < 1.29 is 8.42 Å². The molecule has 0 spiro atoms. The zero-order chi connectivity index (χ0) is 8.20. The Bertz CT molecular complexity index is 219. The third-order valence-electron chi connectivity index (χ3n) is 0.698. The molecule has 0 rings (SSSR count). The maximum Gasteiger partial charge on any atom is 0.244 e. The van der Waals surface area contributed by atoms with Crippen molar-refractivity contribution in [3.8, 4) is 0 Å². The summed E-state index contributed by atoms with van der Waals surface area (Å²) in [5.41, 5.74) is 5.68. The molecule has 0 amide bonds. The number of hydrogen-bond acceptors (Lipinski definition) is 4. The normalized spacial score (nSPS) is 13.3. The monoisotopic (exact) mass is 165 g/mol. The maximum atomic E-state index is 10.4. The molecule has 0 heterocycles. The molecule has 0 bridgehead atoms. The Morgan fingerprint density at radius 3 is 2.50 bits per heavy atom. The first-order valence-corrected chi connectivity index (χ1v) is 4.55. The lowest BCUT2D eigenvalue weighted by Gasteiger charge is -1.96. The van der Waals surface area contributed by atoms with Crippen LogP contribution in [0.5, 0.6) is 0 Å². The number of nitrogens with two attached hydrogens (primary N) is 1. The van der Waals surface area contributed by atoms with Gasteiger partial charge in [0.05, 0.1) is 6.26 Å². The average Bonchev–Trinajstić information content (AvgIpc) is 1.81. The topological polar surface area (TPSA) is 84.5 Å². The van der Waals surface area contributed by atoms with Gasteiger partial charge >= 0.3 is 0 Å². The van der Waals surface area contributed by atoms with Crippen molar-refractivity contribution in [3.05, 3.63) is 0 Å². The van der Waals surface area contributed by atoms with Gasteiger partial charge in [0.1, 0.15) is 0 Å². The molecule has 0 radical (unpaired) electrons. The Balaban J connectivity index is 3.98. The van der Waals surface area contributed by atoms with Gasteiger partial charge in [-0.05, 0) is 6.92 Å². The summed E-state index contributed by atoms with van der Waals surface area (Å²) in [6, 6.07) is 0. The van der Waals surface area contributed by atoms with Gasteiger partial charge in [-0.3, -0.25) is 0 Å². The third kappa shape index (κ3) is 5.52. The Hall–Kier alpha value is -0.620. The summed E-state index contributed by atoms with van der Waals surface area (Å²) < 4.78 is 20.8. The van der Waals surface area contributed by atoms with E-state index in [-0.39, 0.29) is 6.54 Å². The van der Waals surface area contributed by atoms with Gasteiger partial charge in [-0.2, -0.15) is 5.10 Å². The number of nitrogens with zero attached hydrogens (tertiary/aromatic N) is 1. The van der Waals surface area contributed by atoms with E-state index in [1.165, 1.54) is 0 Å². The van der Waals surface area contributed by atoms with E-state index in [0.717, 1.165) is 6.26 Å². The molecule has 3 N–H and O–H groups in total. The Kier molecular flexibility index (Phi) is 3.31. The summed E-state index contributed by atoms with van der Waals surface area (Å²) in [5, 5.41) is 3.47. The quantitative estimate of drug-likeness (QED) is 0.410. The second-order valence-electron chi connectivity index (χ2n) is 1.91. The summed E-state index contributed by atoms with van der Waals surface area (Å²) in [4.78, 5) is 1.95. The van der Waals surface area contributed by atoms with E-state index in [1.807, 2.05) is 4.83 Å². The van der Waals surface area contributed by atoms with Crippen LogP contribution < -0.4 is 10.6 Å². The van der Waals surface area contributed by atoms with Crippen LogP contribution in [0.2, 0.25) is 0 Å². The molecule has 0 unspecified atom stereocenters. The smallest absolute Gasteiger partial charge is 0.244 e. The predicted octanol–water partition coefficient (Wildman–Crippen LogP) is -1.13. The van der Waals surface area contributed by atoms with Crippen molar-refractivity contribution >= 4 is 15.7 Å². The molecule has 6 heteroatoms. The van der Waals surface area contributed by atoms with Crippen molar-refractivity contribution in [2.45, 2.75) is 6.92 Å². The van der Waals surface area contributed by atoms with Gasteiger partial charge in [-0.1, -0.05) is 0 Å². The van der Waals surface area contributed by atoms with Crippen molar-refractivity contribution in [1.29, 1.82) is 0 Å². The van der Waals surface area contributed by atoms with Crippen LogP contribution in [-0.2, 0) is 10.0 Å². The molecule has 0 saturated heterocycles. The Morgan fingerprint density at radius 1 is 1.70 bits per heavy atom. The van der Waals surface area contributed by atoms with E-state index in [9.17, 15) is 8.42 Å². The van der Waals surface area contributed by atoms with Crippen molar-refractivity contribution in [3.63, 3.8) is 0 Å². The SMILES string of the molecule is C/C(CN)=N\NS(C)(=O)=O. The molecule has 0 saturated carbocycles. The summed E-state index contributed by atoms with van der Waals surface area (Å²) in [6.45, 7) is 1.89. The summed E-state index contributed by atoms with van der Waals surface area (Å²) in [6.07, 6.45) is 1.03. The molecule has 0 aliphatic heterocycles. The minimum atomic E-state index is -3.22. The standard InChI is InChI=1S/C4H11N3O2S/c1-4(3-5)6-7-10(2,8)9/h7H,3,5H2,1-2H3/b6-4+. The fourth-order valence-electron chi connectivity index (χ4n) is 0.206. The van der Waals surface area contributed by atoms with Gasteiger partial charge in [0.15, 0.2) is 0 Å². The first-order chi connectivity index (χ1) is 4.45. The molecule has 0 aliphatic rings. The van der Waals surface area contributed by atoms with Gasteiger partial charge in [0, 0.05) is 12.3 Å². The van der Waals surface area contributed by atoms with Gasteiger partial charge < -0.3 is 5.73 Å². The van der Waals surface area contributed by atoms with Crippen molar-refractivity contribution in [2.24, 2.45) is 10.8 Å². The fraction of sp³-hybridized carbons (Fsp3) is 0.750. The van der Waals surface area contributed by atoms with Gasteiger partial charge in [-0.25, -0.2) is 13.2 Å². The number of rotatable bonds is 3. The second kappa shape index (κ2) is 3.52. The number of hydrogen-bond donors (Lipinski definition) is 2. The van der Waals surface area contributed by atoms with Crippen LogP contribution in [0.15, 0.2) is 5.10 Å². The van der Waals surface area contributed by atoms with Gasteiger partial charge in [-0.15, -0.1) is 0 Å². The van der Waals surface area contributed by atoms with Crippen LogP contribution in [-0.4, -0.2) is 26.9 Å². The van der Waals surface area contributed by atoms with Crippen LogP contribution >= 0.6 is 0 Å². The predicted molar refractivity (Wildman–Crippen MR) is 40.1 cm³/mol. The minimum Gasteiger partial charge on any atom is -0.325 e. The minimum absolute atomic E-state index is 0.252. The molecule has 60 valence electrons. The van der Waals surface area contributed by atoms with E-state index in [1.54, 1.807) is 6.92 Å². The van der Waals surface area contributed by atoms with Crippen LogP contribution in [0.25, 0.3) is 0 Å². The van der Waals surface area contributed by atoms with E-state index >= 15 is 0 Å². The lowest BCUT2D eigenvalue weighted by Crippen LogP contribution is -2.20. The second-order valence-corrected chi connectivity index (χ2v) is 3.64. The summed E-state index contributed by atoms with van der Waals surface area (Å²) in [7, 11) is -3.22. The largest absolute Gasteiger partial charge is 0.325 e. The van der Waals surface area contributed by atoms with Crippen LogP contribution in [0.4, 0.5) is 0 Å². The highest BCUT2D eigenvalue weighted by Gasteiger charge is 1.95. The number of sulfonamides is 1. The number of nitrogens with one attached hydrogen (secondary N) is 1. The summed E-state index contributed by atoms with van der Waals surface area (Å²) >= 11 is 0. The zero-order valence-electron chi connectivity index (χ0n) is 5.96. The molecule has 0 atom stereocenters. The van der Waals surface area contributed by atoms with Crippen molar-refractivity contribution in [2.75, 3.05) is 12.8 Å². The molecule has 0 aliphatic carbocycles. The van der Waals surface area contributed by atoms with Crippen LogP contribution in [0.3, 0.4) is 0 Å². The maximum absolute atomic E-state index is 10.4. The van der Waals surface area contributed by atoms with E-state index in [4.69, 9.17) is 5.73 Å². The van der Waals surface area contributed by atoms with E-state index in [0.29, 0.717) is 5.71 Å². The molecule has 0 aromatic carbocycles. The molecule has 10 heavy (non-hydrogen) atoms. The van der Waals surface area contributed by atoms with Crippen molar-refractivity contribution in [1.82, 2.24) is 4.83 Å². The zero-order valence-corrected chi connectivity index (χ0v) is 6.77. The van der Waals surface area contributed by atoms with E-state index in [2.05, 4.69) is 5.10 Å². The average molecular weight is 165 g/mol. The Labute approximate surface area is 60.4 Å². The molecule has 5 nitrogen and oxygen atoms in total. The third-order valence-corrected chi connectivity index (χ3v) is 1.12. The number of hydrazone groups is 1. The Morgan fingerprint density at radius 2 is 2.20 bits per heavy atom. The highest BCUT2D eigenvalue weighted by molar-refractivity contribution is 7.88. The van der Waals surface area contributed by atoms with Gasteiger partial charge in [0.2, 0.25) is 10.0 Å². The molecular weight excluding hydrogens is 154 g/mol. The van der Waals surface area contributed by atoms with E-state index < -0.39 is 10.0 Å².